The van der Waals surface area contributed by atoms with Crippen LogP contribution in [0.3, 0.4) is 0 Å². The molecule has 3 heteroatoms. The third-order valence-corrected chi connectivity index (χ3v) is 1.74. The van der Waals surface area contributed by atoms with E-state index in [4.69, 9.17) is 0 Å². The van der Waals surface area contributed by atoms with Crippen LogP contribution in [-0.4, -0.2) is 10.5 Å². The molecule has 0 amide bonds. The zero-order chi connectivity index (χ0) is 7.84. The van der Waals surface area contributed by atoms with Gasteiger partial charge in [0.2, 0.25) is 6.20 Å². The van der Waals surface area contributed by atoms with Crippen molar-refractivity contribution in [1.82, 2.24) is 0 Å². The van der Waals surface area contributed by atoms with Crippen molar-refractivity contribution >= 4 is 5.78 Å². The molecule has 54 valence electrons. The Kier molecular flexibility index (Phi) is 1.12. The fourth-order valence-electron chi connectivity index (χ4n) is 1.20. The molecule has 1 aliphatic heterocycles. The number of allylic oxidation sites excluding steroid dienone is 3. The molecule has 0 N–H and O–H groups in total. The second kappa shape index (κ2) is 1.99. The molecule has 2 aliphatic rings. The second-order valence-electron chi connectivity index (χ2n) is 2.50. The average Bonchev–Trinajstić information content (AvgIpc) is 2.32. The lowest BCUT2D eigenvalue weighted by Crippen LogP contribution is -2.03. The van der Waals surface area contributed by atoms with Crippen molar-refractivity contribution in [1.29, 1.82) is 0 Å². The Morgan fingerprint density at radius 3 is 3.09 bits per heavy atom. The van der Waals surface area contributed by atoms with Crippen LogP contribution in [-0.2, 0) is 4.79 Å². The Balaban J connectivity index is 2.49. The number of fused-ring (bicyclic) bond motifs is 1. The van der Waals surface area contributed by atoms with E-state index >= 15 is 0 Å². The second-order valence-corrected chi connectivity index (χ2v) is 2.50. The molecule has 0 spiro atoms. The minimum Gasteiger partial charge on any atom is -0.294 e. The van der Waals surface area contributed by atoms with E-state index in [1.165, 1.54) is 12.3 Å². The summed E-state index contributed by atoms with van der Waals surface area (Å²) in [6.45, 7) is 0. The maximum Gasteiger partial charge on any atom is 0.266 e. The number of nitrogens with zero attached hydrogens (tertiary/aromatic N) is 1. The maximum atomic E-state index is 10.9. The van der Waals surface area contributed by atoms with Crippen LogP contribution in [0.15, 0.2) is 35.7 Å². The molecule has 0 unspecified atom stereocenters. The minimum atomic E-state index is 0.0590. The highest BCUT2D eigenvalue weighted by atomic mass is 16.3. The first-order valence-corrected chi connectivity index (χ1v) is 3.37. The molecule has 2 rings (SSSR count). The Morgan fingerprint density at radius 2 is 2.27 bits per heavy atom. The van der Waals surface area contributed by atoms with Crippen molar-refractivity contribution in [3.05, 3.63) is 40.6 Å². The van der Waals surface area contributed by atoms with Crippen LogP contribution in [0, 0.1) is 4.91 Å². The fraction of sp³-hybridized carbons (Fsp3) is 0.125. The van der Waals surface area contributed by atoms with Gasteiger partial charge < -0.3 is 0 Å². The van der Waals surface area contributed by atoms with Gasteiger partial charge >= 0.3 is 0 Å². The zero-order valence-electron chi connectivity index (χ0n) is 5.78. The van der Waals surface area contributed by atoms with Crippen LogP contribution in [0.25, 0.3) is 0 Å². The van der Waals surface area contributed by atoms with Crippen molar-refractivity contribution in [2.75, 3.05) is 0 Å². The molecule has 1 aliphatic carbocycles. The molecular weight excluding hydrogens is 142 g/mol. The minimum absolute atomic E-state index is 0.0590. The third kappa shape index (κ3) is 0.852. The Hall–Kier alpha value is -1.51. The van der Waals surface area contributed by atoms with E-state index in [-0.39, 0.29) is 5.78 Å². The van der Waals surface area contributed by atoms with Crippen molar-refractivity contribution in [2.24, 2.45) is 0 Å². The van der Waals surface area contributed by atoms with Crippen molar-refractivity contribution in [3.8, 4) is 0 Å². The summed E-state index contributed by atoms with van der Waals surface area (Å²) >= 11 is 0. The largest absolute Gasteiger partial charge is 0.294 e. The number of carbonyl (C=O) groups is 1. The van der Waals surface area contributed by atoms with E-state index in [1.54, 1.807) is 12.2 Å². The van der Waals surface area contributed by atoms with Gasteiger partial charge in [-0.2, -0.15) is 0 Å². The van der Waals surface area contributed by atoms with Crippen LogP contribution in [0.5, 0.6) is 0 Å². The number of carbonyl (C=O) groups excluding carboxylic acids is 1. The molecular formula is C8H6NO2+. The van der Waals surface area contributed by atoms with Crippen LogP contribution in [0.4, 0.5) is 0 Å². The lowest BCUT2D eigenvalue weighted by atomic mass is 10.0. The predicted molar refractivity (Wildman–Crippen MR) is 38.6 cm³/mol. The van der Waals surface area contributed by atoms with Gasteiger partial charge in [-0.15, -0.1) is 0 Å². The first-order chi connectivity index (χ1) is 5.27. The summed E-state index contributed by atoms with van der Waals surface area (Å²) in [7, 11) is 0. The highest BCUT2D eigenvalue weighted by Crippen LogP contribution is 2.23. The smallest absolute Gasteiger partial charge is 0.266 e. The fourth-order valence-corrected chi connectivity index (χ4v) is 1.20. The molecule has 0 aromatic rings. The monoisotopic (exact) mass is 148 g/mol. The van der Waals surface area contributed by atoms with Gasteiger partial charge in [-0.25, -0.2) is 0 Å². The first-order valence-electron chi connectivity index (χ1n) is 3.37. The van der Waals surface area contributed by atoms with Crippen molar-refractivity contribution < 1.29 is 9.55 Å². The van der Waals surface area contributed by atoms with E-state index in [9.17, 15) is 9.70 Å². The molecule has 0 saturated heterocycles. The number of rotatable bonds is 0. The molecule has 0 atom stereocenters. The molecule has 1 heterocycles. The van der Waals surface area contributed by atoms with E-state index in [1.807, 2.05) is 0 Å². The predicted octanol–water partition coefficient (Wildman–Crippen LogP) is 1.08. The summed E-state index contributed by atoms with van der Waals surface area (Å²) in [5.41, 5.74) is 1.33. The van der Waals surface area contributed by atoms with Crippen molar-refractivity contribution in [2.45, 2.75) is 6.42 Å². The van der Waals surface area contributed by atoms with Gasteiger partial charge in [0.25, 0.3) is 5.70 Å². The Morgan fingerprint density at radius 1 is 1.45 bits per heavy atom. The zero-order valence-corrected chi connectivity index (χ0v) is 5.78. The van der Waals surface area contributed by atoms with Crippen LogP contribution >= 0.6 is 0 Å². The molecule has 0 radical (unpaired) electrons. The molecule has 0 bridgehead atoms. The molecule has 11 heavy (non-hydrogen) atoms. The lowest BCUT2D eigenvalue weighted by Gasteiger charge is -1.96. The van der Waals surface area contributed by atoms with Crippen LogP contribution in [0.1, 0.15) is 6.42 Å². The van der Waals surface area contributed by atoms with Gasteiger partial charge in [-0.1, -0.05) is 0 Å². The maximum absolute atomic E-state index is 10.9. The normalized spacial score (nSPS) is 21.5. The van der Waals surface area contributed by atoms with Gasteiger partial charge in [0.05, 0.1) is 10.3 Å². The molecule has 0 aromatic heterocycles. The summed E-state index contributed by atoms with van der Waals surface area (Å²) in [5, 5.41) is 0. The van der Waals surface area contributed by atoms with Gasteiger partial charge in [0.15, 0.2) is 5.78 Å². The van der Waals surface area contributed by atoms with Crippen LogP contribution in [0.2, 0.25) is 0 Å². The Labute approximate surface area is 63.3 Å². The SMILES string of the molecule is O=C1C=C2C=C[N+](=O)C2=CC1. The van der Waals surface area contributed by atoms with Gasteiger partial charge in [-0.3, -0.25) is 4.79 Å². The van der Waals surface area contributed by atoms with Gasteiger partial charge in [0, 0.05) is 23.5 Å². The molecule has 0 fully saturated rings. The summed E-state index contributed by atoms with van der Waals surface area (Å²) in [5.74, 6) is 0.0590. The molecule has 0 aromatic carbocycles. The summed E-state index contributed by atoms with van der Waals surface area (Å²) < 4.78 is 0.776. The number of hydrogen-bond donors (Lipinski definition) is 0. The molecule has 3 nitrogen and oxygen atoms in total. The lowest BCUT2D eigenvalue weighted by molar-refractivity contribution is -0.413. The highest BCUT2D eigenvalue weighted by Gasteiger charge is 2.28. The first kappa shape index (κ1) is 6.22. The summed E-state index contributed by atoms with van der Waals surface area (Å²) in [6.07, 6.45) is 6.57. The van der Waals surface area contributed by atoms with Gasteiger partial charge in [-0.05, 0) is 6.08 Å². The quantitative estimate of drug-likeness (QED) is 0.482. The van der Waals surface area contributed by atoms with E-state index in [2.05, 4.69) is 0 Å². The Bertz CT molecular complexity index is 334. The third-order valence-electron chi connectivity index (χ3n) is 1.74. The van der Waals surface area contributed by atoms with E-state index in [0.717, 1.165) is 10.3 Å². The topological polar surface area (TPSA) is 37.1 Å². The average molecular weight is 148 g/mol. The highest BCUT2D eigenvalue weighted by molar-refractivity contribution is 5.94. The number of nitroso groups, excluding NO2 is 1. The van der Waals surface area contributed by atoms with Gasteiger partial charge in [0.1, 0.15) is 0 Å². The summed E-state index contributed by atoms with van der Waals surface area (Å²) in [6, 6.07) is 0. The van der Waals surface area contributed by atoms with E-state index < -0.39 is 0 Å². The number of ketones is 1. The standard InChI is InChI=1S/C8H6NO2/c10-7-1-2-8-6(5-7)3-4-9(8)11/h2-5H,1H2/q+1. The number of hydrogen-bond acceptors (Lipinski definition) is 2. The molecule has 0 saturated carbocycles. The van der Waals surface area contributed by atoms with Crippen molar-refractivity contribution in [3.63, 3.8) is 0 Å². The van der Waals surface area contributed by atoms with E-state index in [0.29, 0.717) is 12.1 Å². The van der Waals surface area contributed by atoms with Crippen LogP contribution < -0.4 is 0 Å². The summed E-state index contributed by atoms with van der Waals surface area (Å²) in [4.78, 5) is 21.8.